The molecule has 160 valence electrons. The van der Waals surface area contributed by atoms with Crippen molar-refractivity contribution in [2.45, 2.75) is 38.7 Å². The number of rotatable bonds is 7. The Bertz CT molecular complexity index is 940. The Labute approximate surface area is 176 Å². The van der Waals surface area contributed by atoms with Gasteiger partial charge in [0.05, 0.1) is 32.6 Å². The normalized spacial score (nSPS) is 13.6. The van der Waals surface area contributed by atoms with Crippen LogP contribution in [0.3, 0.4) is 0 Å². The van der Waals surface area contributed by atoms with Gasteiger partial charge in [0.2, 0.25) is 0 Å². The lowest BCUT2D eigenvalue weighted by atomic mass is 9.92. The number of esters is 1. The minimum Gasteiger partial charge on any atom is -0.493 e. The van der Waals surface area contributed by atoms with E-state index in [0.29, 0.717) is 17.2 Å². The molecule has 1 N–H and O–H groups in total. The van der Waals surface area contributed by atoms with Gasteiger partial charge in [-0.3, -0.25) is 4.79 Å². The molecule has 2 aromatic carbocycles. The summed E-state index contributed by atoms with van der Waals surface area (Å²) < 4.78 is 21.2. The predicted octanol–water partition coefficient (Wildman–Crippen LogP) is 3.78. The number of nitrogens with one attached hydrogen (secondary N) is 1. The number of ether oxygens (including phenoxy) is 4. The smallest absolute Gasteiger partial charge is 0.340 e. The molecule has 1 aliphatic rings. The summed E-state index contributed by atoms with van der Waals surface area (Å²) in [5.41, 5.74) is 3.04. The highest BCUT2D eigenvalue weighted by molar-refractivity contribution is 6.03. The summed E-state index contributed by atoms with van der Waals surface area (Å²) in [5.74, 6) is 0.386. The van der Waals surface area contributed by atoms with Gasteiger partial charge >= 0.3 is 5.97 Å². The molecule has 0 aliphatic heterocycles. The van der Waals surface area contributed by atoms with E-state index in [9.17, 15) is 9.59 Å². The second kappa shape index (κ2) is 9.52. The third-order valence-electron chi connectivity index (χ3n) is 5.19. The molecule has 0 aromatic heterocycles. The number of hydrogen-bond donors (Lipinski definition) is 1. The first-order valence-electron chi connectivity index (χ1n) is 9.90. The second-order valence-electron chi connectivity index (χ2n) is 7.13. The van der Waals surface area contributed by atoms with Crippen LogP contribution in [0.15, 0.2) is 30.3 Å². The van der Waals surface area contributed by atoms with Gasteiger partial charge in [-0.15, -0.1) is 0 Å². The van der Waals surface area contributed by atoms with Crippen LogP contribution in [-0.2, 0) is 22.4 Å². The average Bonchev–Trinajstić information content (AvgIpc) is 2.77. The highest BCUT2D eigenvalue weighted by Crippen LogP contribution is 2.34. The molecule has 2 aromatic rings. The Hall–Kier alpha value is -3.22. The molecule has 3 rings (SSSR count). The number of aryl methyl sites for hydroxylation is 2. The summed E-state index contributed by atoms with van der Waals surface area (Å²) in [6.07, 6.45) is 3.72. The molecule has 1 atom stereocenters. The van der Waals surface area contributed by atoms with Gasteiger partial charge in [0, 0.05) is 12.1 Å². The largest absolute Gasteiger partial charge is 0.493 e. The van der Waals surface area contributed by atoms with Crippen LogP contribution in [0.1, 0.15) is 41.3 Å². The van der Waals surface area contributed by atoms with E-state index in [1.165, 1.54) is 57.4 Å². The molecule has 0 fully saturated rings. The van der Waals surface area contributed by atoms with Crippen molar-refractivity contribution in [3.63, 3.8) is 0 Å². The van der Waals surface area contributed by atoms with Crippen molar-refractivity contribution in [1.29, 1.82) is 0 Å². The first kappa shape index (κ1) is 21.5. The SMILES string of the molecule is COC(=O)c1cc(OC)c(OC)cc1NC(=O)[C@@H](C)Oc1ccc2c(c1)CCCC2. The van der Waals surface area contributed by atoms with Gasteiger partial charge in [-0.05, 0) is 55.9 Å². The van der Waals surface area contributed by atoms with Crippen molar-refractivity contribution in [1.82, 2.24) is 0 Å². The van der Waals surface area contributed by atoms with E-state index in [0.717, 1.165) is 12.8 Å². The van der Waals surface area contributed by atoms with Gasteiger partial charge in [-0.25, -0.2) is 4.79 Å². The minimum absolute atomic E-state index is 0.157. The molecule has 0 saturated carbocycles. The van der Waals surface area contributed by atoms with Crippen molar-refractivity contribution >= 4 is 17.6 Å². The van der Waals surface area contributed by atoms with E-state index >= 15 is 0 Å². The van der Waals surface area contributed by atoms with Gasteiger partial charge in [-0.1, -0.05) is 6.07 Å². The lowest BCUT2D eigenvalue weighted by molar-refractivity contribution is -0.122. The Morgan fingerprint density at radius 1 is 0.933 bits per heavy atom. The van der Waals surface area contributed by atoms with Crippen LogP contribution in [0, 0.1) is 0 Å². The topological polar surface area (TPSA) is 83.1 Å². The van der Waals surface area contributed by atoms with Crippen LogP contribution in [0.2, 0.25) is 0 Å². The van der Waals surface area contributed by atoms with E-state index in [-0.39, 0.29) is 11.3 Å². The van der Waals surface area contributed by atoms with E-state index in [1.807, 2.05) is 12.1 Å². The van der Waals surface area contributed by atoms with Gasteiger partial charge in [0.25, 0.3) is 5.91 Å². The van der Waals surface area contributed by atoms with Crippen molar-refractivity contribution in [3.8, 4) is 17.2 Å². The fraction of sp³-hybridized carbons (Fsp3) is 0.391. The molecule has 0 spiro atoms. The third kappa shape index (κ3) is 4.67. The molecule has 30 heavy (non-hydrogen) atoms. The predicted molar refractivity (Wildman–Crippen MR) is 113 cm³/mol. The first-order valence-corrected chi connectivity index (χ1v) is 9.90. The van der Waals surface area contributed by atoms with Crippen molar-refractivity contribution in [3.05, 3.63) is 47.0 Å². The van der Waals surface area contributed by atoms with Crippen LogP contribution in [-0.4, -0.2) is 39.3 Å². The van der Waals surface area contributed by atoms with Crippen LogP contribution in [0.25, 0.3) is 0 Å². The molecule has 0 radical (unpaired) electrons. The van der Waals surface area contributed by atoms with Gasteiger partial charge < -0.3 is 24.3 Å². The number of amides is 1. The Kier molecular flexibility index (Phi) is 6.82. The molecule has 7 heteroatoms. The molecular formula is C23H27NO6. The van der Waals surface area contributed by atoms with Gasteiger partial charge in [-0.2, -0.15) is 0 Å². The Balaban J connectivity index is 1.78. The zero-order chi connectivity index (χ0) is 21.7. The van der Waals surface area contributed by atoms with Crippen LogP contribution >= 0.6 is 0 Å². The Morgan fingerprint density at radius 2 is 1.60 bits per heavy atom. The lowest BCUT2D eigenvalue weighted by Crippen LogP contribution is -2.31. The Morgan fingerprint density at radius 3 is 2.27 bits per heavy atom. The average molecular weight is 413 g/mol. The van der Waals surface area contributed by atoms with Crippen molar-refractivity contribution in [2.75, 3.05) is 26.6 Å². The second-order valence-corrected chi connectivity index (χ2v) is 7.13. The van der Waals surface area contributed by atoms with E-state index in [4.69, 9.17) is 18.9 Å². The maximum atomic E-state index is 12.8. The number of hydrogen-bond acceptors (Lipinski definition) is 6. The maximum Gasteiger partial charge on any atom is 0.340 e. The summed E-state index contributed by atoms with van der Waals surface area (Å²) >= 11 is 0. The third-order valence-corrected chi connectivity index (χ3v) is 5.19. The monoisotopic (exact) mass is 413 g/mol. The molecular weight excluding hydrogens is 386 g/mol. The quantitative estimate of drug-likeness (QED) is 0.696. The van der Waals surface area contributed by atoms with Crippen LogP contribution in [0.5, 0.6) is 17.2 Å². The van der Waals surface area contributed by atoms with Gasteiger partial charge in [0.1, 0.15) is 5.75 Å². The van der Waals surface area contributed by atoms with Gasteiger partial charge in [0.15, 0.2) is 17.6 Å². The number of fused-ring (bicyclic) bond motifs is 1. The summed E-state index contributed by atoms with van der Waals surface area (Å²) in [5, 5.41) is 2.73. The minimum atomic E-state index is -0.773. The molecule has 7 nitrogen and oxygen atoms in total. The molecule has 1 aliphatic carbocycles. The first-order chi connectivity index (χ1) is 14.5. The molecule has 1 amide bonds. The maximum absolute atomic E-state index is 12.8. The van der Waals surface area contributed by atoms with Crippen LogP contribution in [0.4, 0.5) is 5.69 Å². The molecule has 0 unspecified atom stereocenters. The van der Waals surface area contributed by atoms with Crippen molar-refractivity contribution in [2.24, 2.45) is 0 Å². The highest BCUT2D eigenvalue weighted by Gasteiger charge is 2.22. The summed E-state index contributed by atoms with van der Waals surface area (Å²) in [6, 6.07) is 8.96. The van der Waals surface area contributed by atoms with E-state index in [2.05, 4.69) is 11.4 Å². The molecule has 0 heterocycles. The molecule has 0 bridgehead atoms. The lowest BCUT2D eigenvalue weighted by Gasteiger charge is -2.20. The van der Waals surface area contributed by atoms with Crippen molar-refractivity contribution < 1.29 is 28.5 Å². The van der Waals surface area contributed by atoms with E-state index in [1.54, 1.807) is 6.92 Å². The summed E-state index contributed by atoms with van der Waals surface area (Å²) in [7, 11) is 4.21. The van der Waals surface area contributed by atoms with E-state index < -0.39 is 18.0 Å². The number of methoxy groups -OCH3 is 3. The molecule has 0 saturated heterocycles. The number of carbonyl (C=O) groups excluding carboxylic acids is 2. The number of carbonyl (C=O) groups is 2. The summed E-state index contributed by atoms with van der Waals surface area (Å²) in [4.78, 5) is 24.9. The standard InChI is InChI=1S/C23H27NO6/c1-14(30-17-10-9-15-7-5-6-8-16(15)11-17)22(25)24-19-13-21(28-3)20(27-2)12-18(19)23(26)29-4/h9-14H,5-8H2,1-4H3,(H,24,25)/t14-/m1/s1. The zero-order valence-corrected chi connectivity index (χ0v) is 17.7. The number of anilines is 1. The number of benzene rings is 2. The zero-order valence-electron chi connectivity index (χ0n) is 17.7. The fourth-order valence-electron chi connectivity index (χ4n) is 3.54. The fourth-order valence-corrected chi connectivity index (χ4v) is 3.54. The highest BCUT2D eigenvalue weighted by atomic mass is 16.5. The summed E-state index contributed by atoms with van der Waals surface area (Å²) in [6.45, 7) is 1.66. The van der Waals surface area contributed by atoms with Crippen LogP contribution < -0.4 is 19.5 Å².